The molecule has 4 nitrogen and oxygen atoms in total. The first-order valence-corrected chi connectivity index (χ1v) is 5.69. The first-order valence-electron chi connectivity index (χ1n) is 5.69. The largest absolute Gasteiger partial charge is 0.508 e. The normalized spacial score (nSPS) is 12.9. The maximum absolute atomic E-state index is 9.97. The Bertz CT molecular complexity index is 372. The highest BCUT2D eigenvalue weighted by Crippen LogP contribution is 2.22. The Morgan fingerprint density at radius 3 is 2.39 bits per heavy atom. The van der Waals surface area contributed by atoms with E-state index < -0.39 is 6.10 Å². The van der Waals surface area contributed by atoms with Gasteiger partial charge in [0.25, 0.3) is 0 Å². The molecular weight excluding hydrogens is 230 g/mol. The molecule has 104 valence electrons. The van der Waals surface area contributed by atoms with Crippen LogP contribution in [0.4, 0.5) is 0 Å². The van der Waals surface area contributed by atoms with Gasteiger partial charge in [0.2, 0.25) is 0 Å². The average molecular weight is 255 g/mol. The molecule has 0 aromatic heterocycles. The first-order chi connectivity index (χ1) is 7.83. The van der Waals surface area contributed by atoms with E-state index in [0.29, 0.717) is 17.7 Å². The predicted molar refractivity (Wildman–Crippen MR) is 73.5 cm³/mol. The molecule has 0 radical (unpaired) electrons. The smallest absolute Gasteiger partial charge is 0.121 e. The zero-order chi connectivity index (χ0) is 13.1. The van der Waals surface area contributed by atoms with Gasteiger partial charge in [-0.1, -0.05) is 13.5 Å². The van der Waals surface area contributed by atoms with Crippen LogP contribution in [0.3, 0.4) is 0 Å². The van der Waals surface area contributed by atoms with Crippen molar-refractivity contribution in [2.75, 3.05) is 6.54 Å². The van der Waals surface area contributed by atoms with Crippen LogP contribution in [-0.4, -0.2) is 27.4 Å². The zero-order valence-corrected chi connectivity index (χ0v) is 10.6. The van der Waals surface area contributed by atoms with Gasteiger partial charge in [-0.3, -0.25) is 0 Å². The highest BCUT2D eigenvalue weighted by Gasteiger charge is 2.14. The Morgan fingerprint density at radius 2 is 1.89 bits per heavy atom. The SMILES string of the molecule is C.CC(C)(C)NCC(O)c1ccc(O)c(CO)c1. The van der Waals surface area contributed by atoms with E-state index in [1.807, 2.05) is 20.8 Å². The summed E-state index contributed by atoms with van der Waals surface area (Å²) in [7, 11) is 0. The number of aliphatic hydroxyl groups excluding tert-OH is 2. The first kappa shape index (κ1) is 16.9. The van der Waals surface area contributed by atoms with Crippen LogP contribution in [0.25, 0.3) is 0 Å². The van der Waals surface area contributed by atoms with Gasteiger partial charge in [0.05, 0.1) is 12.7 Å². The van der Waals surface area contributed by atoms with Crippen molar-refractivity contribution in [3.8, 4) is 5.75 Å². The van der Waals surface area contributed by atoms with Crippen LogP contribution in [0.1, 0.15) is 45.4 Å². The molecule has 1 aromatic carbocycles. The number of benzene rings is 1. The Labute approximate surface area is 109 Å². The quantitative estimate of drug-likeness (QED) is 0.663. The second kappa shape index (κ2) is 6.73. The Kier molecular flexibility index (Phi) is 6.32. The molecule has 0 aliphatic heterocycles. The Morgan fingerprint density at radius 1 is 1.28 bits per heavy atom. The molecule has 18 heavy (non-hydrogen) atoms. The summed E-state index contributed by atoms with van der Waals surface area (Å²) in [6, 6.07) is 4.76. The Balaban J connectivity index is 0.00000289. The summed E-state index contributed by atoms with van der Waals surface area (Å²) in [4.78, 5) is 0. The zero-order valence-electron chi connectivity index (χ0n) is 10.6. The van der Waals surface area contributed by atoms with Crippen LogP contribution in [0, 0.1) is 0 Å². The van der Waals surface area contributed by atoms with Gasteiger partial charge in [0.15, 0.2) is 0 Å². The molecule has 1 rings (SSSR count). The van der Waals surface area contributed by atoms with Crippen LogP contribution in [-0.2, 0) is 6.61 Å². The fourth-order valence-electron chi connectivity index (χ4n) is 1.46. The molecule has 0 heterocycles. The second-order valence-corrected chi connectivity index (χ2v) is 5.19. The number of hydrogen-bond acceptors (Lipinski definition) is 4. The van der Waals surface area contributed by atoms with Crippen LogP contribution in [0.5, 0.6) is 5.75 Å². The van der Waals surface area contributed by atoms with Crippen molar-refractivity contribution in [1.29, 1.82) is 0 Å². The molecule has 4 heteroatoms. The predicted octanol–water partition coefficient (Wildman–Crippen LogP) is 1.94. The lowest BCUT2D eigenvalue weighted by Crippen LogP contribution is -2.38. The number of β-amino-alcohol motifs (C(OH)–C–C–N with tert-alkyl or cyclic N) is 1. The number of aromatic hydroxyl groups is 1. The molecule has 0 saturated heterocycles. The van der Waals surface area contributed by atoms with Gasteiger partial charge in [-0.25, -0.2) is 0 Å². The van der Waals surface area contributed by atoms with Crippen LogP contribution >= 0.6 is 0 Å². The van der Waals surface area contributed by atoms with Gasteiger partial charge >= 0.3 is 0 Å². The van der Waals surface area contributed by atoms with E-state index in [1.165, 1.54) is 6.07 Å². The second-order valence-electron chi connectivity index (χ2n) is 5.19. The fraction of sp³-hybridized carbons (Fsp3) is 0.571. The summed E-state index contributed by atoms with van der Waals surface area (Å²) < 4.78 is 0. The van der Waals surface area contributed by atoms with Gasteiger partial charge in [0.1, 0.15) is 5.75 Å². The number of rotatable bonds is 4. The molecule has 0 saturated carbocycles. The topological polar surface area (TPSA) is 72.7 Å². The summed E-state index contributed by atoms with van der Waals surface area (Å²) in [6.07, 6.45) is -0.653. The minimum absolute atomic E-state index is 0. The molecule has 0 bridgehead atoms. The van der Waals surface area contributed by atoms with E-state index >= 15 is 0 Å². The third-order valence-electron chi connectivity index (χ3n) is 2.48. The van der Waals surface area contributed by atoms with E-state index in [9.17, 15) is 10.2 Å². The highest BCUT2D eigenvalue weighted by atomic mass is 16.3. The van der Waals surface area contributed by atoms with Crippen molar-refractivity contribution in [2.45, 2.75) is 46.4 Å². The minimum atomic E-state index is -0.653. The van der Waals surface area contributed by atoms with E-state index in [0.717, 1.165) is 0 Å². The van der Waals surface area contributed by atoms with Crippen molar-refractivity contribution in [2.24, 2.45) is 0 Å². The third kappa shape index (κ3) is 5.04. The summed E-state index contributed by atoms with van der Waals surface area (Å²) >= 11 is 0. The number of nitrogens with one attached hydrogen (secondary N) is 1. The van der Waals surface area contributed by atoms with Crippen molar-refractivity contribution in [3.05, 3.63) is 29.3 Å². The van der Waals surface area contributed by atoms with Crippen molar-refractivity contribution >= 4 is 0 Å². The molecule has 0 fully saturated rings. The van der Waals surface area contributed by atoms with Gasteiger partial charge < -0.3 is 20.6 Å². The highest BCUT2D eigenvalue weighted by molar-refractivity contribution is 5.36. The average Bonchev–Trinajstić information content (AvgIpc) is 2.25. The van der Waals surface area contributed by atoms with E-state index in [-0.39, 0.29) is 25.3 Å². The van der Waals surface area contributed by atoms with Crippen LogP contribution < -0.4 is 5.32 Å². The van der Waals surface area contributed by atoms with Gasteiger partial charge in [0, 0.05) is 17.6 Å². The van der Waals surface area contributed by atoms with Gasteiger partial charge in [-0.05, 0) is 38.5 Å². The van der Waals surface area contributed by atoms with Crippen molar-refractivity contribution in [1.82, 2.24) is 5.32 Å². The number of phenols is 1. The van der Waals surface area contributed by atoms with E-state index in [2.05, 4.69) is 5.32 Å². The van der Waals surface area contributed by atoms with Gasteiger partial charge in [-0.2, -0.15) is 0 Å². The van der Waals surface area contributed by atoms with Gasteiger partial charge in [-0.15, -0.1) is 0 Å². The van der Waals surface area contributed by atoms with E-state index in [4.69, 9.17) is 5.11 Å². The number of aliphatic hydroxyl groups is 2. The molecule has 4 N–H and O–H groups in total. The molecule has 0 spiro atoms. The van der Waals surface area contributed by atoms with E-state index in [1.54, 1.807) is 12.1 Å². The minimum Gasteiger partial charge on any atom is -0.508 e. The Hall–Kier alpha value is -1.10. The lowest BCUT2D eigenvalue weighted by molar-refractivity contribution is 0.163. The standard InChI is InChI=1S/C13H21NO3.CH4/c1-13(2,3)14-7-12(17)9-4-5-11(16)10(6-9)8-15;/h4-6,12,14-17H,7-8H2,1-3H3;1H4. The van der Waals surface area contributed by atoms with Crippen LogP contribution in [0.2, 0.25) is 0 Å². The summed E-state index contributed by atoms with van der Waals surface area (Å²) in [6.45, 7) is 6.26. The monoisotopic (exact) mass is 255 g/mol. The van der Waals surface area contributed by atoms with Crippen molar-refractivity contribution < 1.29 is 15.3 Å². The molecule has 0 aliphatic carbocycles. The van der Waals surface area contributed by atoms with Crippen molar-refractivity contribution in [3.63, 3.8) is 0 Å². The lowest BCUT2D eigenvalue weighted by atomic mass is 10.0. The third-order valence-corrected chi connectivity index (χ3v) is 2.48. The van der Waals surface area contributed by atoms with Crippen LogP contribution in [0.15, 0.2) is 18.2 Å². The molecule has 1 atom stereocenters. The molecular formula is C14H25NO3. The molecule has 0 aliphatic rings. The number of hydrogen-bond donors (Lipinski definition) is 4. The fourth-order valence-corrected chi connectivity index (χ4v) is 1.46. The summed E-state index contributed by atoms with van der Waals surface area (Å²) in [5.41, 5.74) is 1.05. The molecule has 1 aromatic rings. The molecule has 0 amide bonds. The molecule has 1 unspecified atom stereocenters. The maximum Gasteiger partial charge on any atom is 0.121 e. The maximum atomic E-state index is 9.97. The summed E-state index contributed by atoms with van der Waals surface area (Å²) in [5, 5.41) is 31.6. The lowest BCUT2D eigenvalue weighted by Gasteiger charge is -2.23. The summed E-state index contributed by atoms with van der Waals surface area (Å²) in [5.74, 6) is 0.0484.